The van der Waals surface area contributed by atoms with E-state index in [0.29, 0.717) is 32.0 Å². The number of pyridine rings is 1. The van der Waals surface area contributed by atoms with Gasteiger partial charge < -0.3 is 4.57 Å². The lowest BCUT2D eigenvalue weighted by molar-refractivity contribution is 0.302. The maximum Gasteiger partial charge on any atom is 0.227 e. The number of hydrogen-bond acceptors (Lipinski definition) is 5. The van der Waals surface area contributed by atoms with Crippen molar-refractivity contribution in [2.75, 3.05) is 12.8 Å². The van der Waals surface area contributed by atoms with Crippen LogP contribution < -0.4 is 0 Å². The van der Waals surface area contributed by atoms with Crippen molar-refractivity contribution in [3.05, 3.63) is 41.5 Å². The second-order valence-electron chi connectivity index (χ2n) is 8.33. The number of sulfone groups is 1. The van der Waals surface area contributed by atoms with Crippen molar-refractivity contribution in [1.82, 2.24) is 19.4 Å². The standard InChI is InChI=1S/C22H36N4O2S/c1-6-7-13-26-20(16-25(5)17-21-19(4)11-8-12-23-21)15-24-22(26)29(27,28)14-9-10-18(2)3/h8,11-12,15,18H,6-7,9-10,13-14,16-17H2,1-5H3. The van der Waals surface area contributed by atoms with Gasteiger partial charge in [-0.15, -0.1) is 0 Å². The van der Waals surface area contributed by atoms with E-state index in [-0.39, 0.29) is 10.9 Å². The van der Waals surface area contributed by atoms with Gasteiger partial charge in [0.2, 0.25) is 15.0 Å². The average Bonchev–Trinajstić information content (AvgIpc) is 3.04. The first-order chi connectivity index (χ1) is 13.7. The summed E-state index contributed by atoms with van der Waals surface area (Å²) in [6.45, 7) is 10.4. The molecular formula is C22H36N4O2S. The number of rotatable bonds is 12. The van der Waals surface area contributed by atoms with E-state index < -0.39 is 9.84 Å². The zero-order valence-corrected chi connectivity index (χ0v) is 19.4. The van der Waals surface area contributed by atoms with Crippen molar-refractivity contribution in [2.45, 2.75) is 78.2 Å². The molecule has 2 aromatic heterocycles. The van der Waals surface area contributed by atoms with Gasteiger partial charge in [-0.3, -0.25) is 9.88 Å². The number of aryl methyl sites for hydroxylation is 1. The van der Waals surface area contributed by atoms with Crippen LogP contribution in [0.1, 0.15) is 63.4 Å². The topological polar surface area (TPSA) is 68.1 Å². The third-order valence-electron chi connectivity index (χ3n) is 5.08. The Morgan fingerprint density at radius 1 is 1.17 bits per heavy atom. The van der Waals surface area contributed by atoms with Gasteiger partial charge in [-0.1, -0.05) is 33.3 Å². The number of imidazole rings is 1. The molecule has 0 spiro atoms. The van der Waals surface area contributed by atoms with E-state index in [9.17, 15) is 8.42 Å². The first-order valence-corrected chi connectivity index (χ1v) is 12.3. The molecule has 0 saturated heterocycles. The molecule has 0 amide bonds. The van der Waals surface area contributed by atoms with E-state index in [0.717, 1.165) is 36.2 Å². The Morgan fingerprint density at radius 3 is 2.59 bits per heavy atom. The first kappa shape index (κ1) is 23.5. The third-order valence-corrected chi connectivity index (χ3v) is 6.79. The summed E-state index contributed by atoms with van der Waals surface area (Å²) < 4.78 is 27.8. The lowest BCUT2D eigenvalue weighted by atomic mass is 10.1. The Kier molecular flexibility index (Phi) is 8.83. The second kappa shape index (κ2) is 10.9. The quantitative estimate of drug-likeness (QED) is 0.514. The minimum atomic E-state index is -3.38. The lowest BCUT2D eigenvalue weighted by Crippen LogP contribution is -2.22. The molecule has 2 heterocycles. The van der Waals surface area contributed by atoms with E-state index in [2.05, 4.69) is 48.6 Å². The summed E-state index contributed by atoms with van der Waals surface area (Å²) in [6, 6.07) is 4.00. The van der Waals surface area contributed by atoms with Crippen molar-refractivity contribution in [2.24, 2.45) is 5.92 Å². The molecule has 0 aliphatic rings. The van der Waals surface area contributed by atoms with Crippen molar-refractivity contribution in [1.29, 1.82) is 0 Å². The van der Waals surface area contributed by atoms with Crippen molar-refractivity contribution < 1.29 is 8.42 Å². The van der Waals surface area contributed by atoms with Gasteiger partial charge in [0.15, 0.2) is 0 Å². The van der Waals surface area contributed by atoms with E-state index in [1.54, 1.807) is 6.20 Å². The number of nitrogens with zero attached hydrogens (tertiary/aromatic N) is 4. The highest BCUT2D eigenvalue weighted by Gasteiger charge is 2.23. The molecule has 0 aliphatic carbocycles. The minimum absolute atomic E-state index is 0.163. The van der Waals surface area contributed by atoms with Crippen LogP contribution in [0.15, 0.2) is 29.7 Å². The summed E-state index contributed by atoms with van der Waals surface area (Å²) in [5.41, 5.74) is 3.14. The molecule has 0 saturated carbocycles. The zero-order valence-electron chi connectivity index (χ0n) is 18.6. The van der Waals surface area contributed by atoms with Gasteiger partial charge in [0.05, 0.1) is 23.3 Å². The summed E-state index contributed by atoms with van der Waals surface area (Å²) in [5.74, 6) is 0.667. The highest BCUT2D eigenvalue weighted by Crippen LogP contribution is 2.19. The summed E-state index contributed by atoms with van der Waals surface area (Å²) in [6.07, 6.45) is 7.06. The molecule has 0 fully saturated rings. The van der Waals surface area contributed by atoms with Crippen LogP contribution in [0, 0.1) is 12.8 Å². The smallest absolute Gasteiger partial charge is 0.227 e. The predicted octanol–water partition coefficient (Wildman–Crippen LogP) is 4.23. The average molecular weight is 421 g/mol. The maximum atomic E-state index is 12.9. The molecule has 29 heavy (non-hydrogen) atoms. The van der Waals surface area contributed by atoms with Gasteiger partial charge in [0.1, 0.15) is 0 Å². The Balaban J connectivity index is 2.18. The van der Waals surface area contributed by atoms with Crippen LogP contribution in [0.3, 0.4) is 0 Å². The fraction of sp³-hybridized carbons (Fsp3) is 0.636. The van der Waals surface area contributed by atoms with Crippen molar-refractivity contribution in [3.63, 3.8) is 0 Å². The van der Waals surface area contributed by atoms with Gasteiger partial charge in [-0.05, 0) is 50.8 Å². The molecular weight excluding hydrogens is 384 g/mol. The van der Waals surface area contributed by atoms with E-state index in [1.165, 1.54) is 0 Å². The van der Waals surface area contributed by atoms with Crippen LogP contribution in [-0.4, -0.2) is 40.7 Å². The maximum absolute atomic E-state index is 12.9. The normalized spacial score (nSPS) is 12.2. The van der Waals surface area contributed by atoms with E-state index in [1.807, 2.05) is 23.9 Å². The van der Waals surface area contributed by atoms with Gasteiger partial charge in [0, 0.05) is 25.8 Å². The zero-order chi connectivity index (χ0) is 21.4. The van der Waals surface area contributed by atoms with Gasteiger partial charge in [0.25, 0.3) is 0 Å². The molecule has 162 valence electrons. The number of aromatic nitrogens is 3. The molecule has 7 heteroatoms. The summed E-state index contributed by atoms with van der Waals surface area (Å²) in [7, 11) is -1.35. The molecule has 0 aromatic carbocycles. The van der Waals surface area contributed by atoms with Crippen molar-refractivity contribution in [3.8, 4) is 0 Å². The van der Waals surface area contributed by atoms with Crippen molar-refractivity contribution >= 4 is 9.84 Å². The minimum Gasteiger partial charge on any atom is -0.318 e. The van der Waals surface area contributed by atoms with E-state index in [4.69, 9.17) is 0 Å². The van der Waals surface area contributed by atoms with Crippen LogP contribution in [0.5, 0.6) is 0 Å². The Morgan fingerprint density at radius 2 is 1.93 bits per heavy atom. The van der Waals surface area contributed by atoms with Crippen LogP contribution in [0.4, 0.5) is 0 Å². The largest absolute Gasteiger partial charge is 0.318 e. The van der Waals surface area contributed by atoms with Crippen LogP contribution >= 0.6 is 0 Å². The Labute approximate surface area is 176 Å². The highest BCUT2D eigenvalue weighted by atomic mass is 32.2. The molecule has 0 aliphatic heterocycles. The van der Waals surface area contributed by atoms with Crippen LogP contribution in [0.2, 0.25) is 0 Å². The lowest BCUT2D eigenvalue weighted by Gasteiger charge is -2.19. The Hall–Kier alpha value is -1.73. The second-order valence-corrected chi connectivity index (χ2v) is 10.3. The molecule has 0 radical (unpaired) electrons. The van der Waals surface area contributed by atoms with Crippen LogP contribution in [0.25, 0.3) is 0 Å². The predicted molar refractivity (Wildman–Crippen MR) is 117 cm³/mol. The fourth-order valence-electron chi connectivity index (χ4n) is 3.37. The monoisotopic (exact) mass is 420 g/mol. The van der Waals surface area contributed by atoms with Gasteiger partial charge >= 0.3 is 0 Å². The first-order valence-electron chi connectivity index (χ1n) is 10.6. The van der Waals surface area contributed by atoms with Crippen LogP contribution in [-0.2, 0) is 29.5 Å². The molecule has 0 bridgehead atoms. The SMILES string of the molecule is CCCCn1c(CN(C)Cc2ncccc2C)cnc1S(=O)(=O)CCCC(C)C. The number of unbranched alkanes of at least 4 members (excludes halogenated alkanes) is 1. The molecule has 2 rings (SSSR count). The van der Waals surface area contributed by atoms with E-state index >= 15 is 0 Å². The molecule has 0 N–H and O–H groups in total. The third kappa shape index (κ3) is 6.93. The highest BCUT2D eigenvalue weighted by molar-refractivity contribution is 7.91. The summed E-state index contributed by atoms with van der Waals surface area (Å²) in [5, 5.41) is 0.229. The number of hydrogen-bond donors (Lipinski definition) is 0. The molecule has 0 atom stereocenters. The molecule has 0 unspecified atom stereocenters. The Bertz CT molecular complexity index is 875. The fourth-order valence-corrected chi connectivity index (χ4v) is 4.85. The summed E-state index contributed by atoms with van der Waals surface area (Å²) >= 11 is 0. The van der Waals surface area contributed by atoms with Gasteiger partial charge in [-0.2, -0.15) is 0 Å². The molecule has 6 nitrogen and oxygen atoms in total. The van der Waals surface area contributed by atoms with Gasteiger partial charge in [-0.25, -0.2) is 13.4 Å². The molecule has 2 aromatic rings. The summed E-state index contributed by atoms with van der Waals surface area (Å²) in [4.78, 5) is 11.0.